The number of hydrogen-bond acceptors (Lipinski definition) is 6. The molecule has 10 nitrogen and oxygen atoms in total. The first-order valence-electron chi connectivity index (χ1n) is 13.0. The van der Waals surface area contributed by atoms with Gasteiger partial charge in [0.25, 0.3) is 17.2 Å². The quantitative estimate of drug-likeness (QED) is 0.276. The van der Waals surface area contributed by atoms with Crippen molar-refractivity contribution >= 4 is 29.1 Å². The maximum Gasteiger partial charge on any atom is 0.274 e. The number of nitrogens with one attached hydrogen (secondary N) is 2. The Kier molecular flexibility index (Phi) is 6.42. The number of H-pyrrole nitrogens is 1. The van der Waals surface area contributed by atoms with E-state index < -0.39 is 5.91 Å². The molecule has 2 N–H and O–H groups in total. The molecule has 0 radical (unpaired) electrons. The summed E-state index contributed by atoms with van der Waals surface area (Å²) in [5.74, 6) is 1.62. The summed E-state index contributed by atoms with van der Waals surface area (Å²) in [6.07, 6.45) is 2.21. The molecule has 1 aliphatic rings. The first-order chi connectivity index (χ1) is 19.2. The van der Waals surface area contributed by atoms with Crippen LogP contribution in [0.4, 0.5) is 5.82 Å². The van der Waals surface area contributed by atoms with E-state index in [1.165, 1.54) is 10.6 Å². The molecule has 3 aromatic heterocycles. The van der Waals surface area contributed by atoms with Gasteiger partial charge in [0.05, 0.1) is 21.9 Å². The second-order valence-electron chi connectivity index (χ2n) is 10.8. The fraction of sp³-hybridized carbons (Fsp3) is 0.276. The molecule has 0 spiro atoms. The third kappa shape index (κ3) is 5.10. The molecule has 1 saturated carbocycles. The average molecular weight is 558 g/mol. The zero-order valence-corrected chi connectivity index (χ0v) is 23.1. The van der Waals surface area contributed by atoms with Crippen molar-refractivity contribution in [2.45, 2.75) is 51.7 Å². The summed E-state index contributed by atoms with van der Waals surface area (Å²) in [6.45, 7) is 6.03. The molecule has 6 rings (SSSR count). The molecule has 1 fully saturated rings. The zero-order chi connectivity index (χ0) is 28.0. The van der Waals surface area contributed by atoms with E-state index in [0.717, 1.165) is 24.1 Å². The van der Waals surface area contributed by atoms with Crippen LogP contribution in [0.3, 0.4) is 0 Å². The molecule has 0 atom stereocenters. The van der Waals surface area contributed by atoms with Crippen LogP contribution in [0.5, 0.6) is 5.75 Å². The molecule has 0 saturated heterocycles. The molecule has 1 aliphatic carbocycles. The predicted molar refractivity (Wildman–Crippen MR) is 152 cm³/mol. The molecule has 3 heterocycles. The zero-order valence-electron chi connectivity index (χ0n) is 22.3. The number of aromatic amines is 1. The van der Waals surface area contributed by atoms with E-state index in [0.29, 0.717) is 23.3 Å². The molecular formula is C29H28ClN7O3. The third-order valence-corrected chi connectivity index (χ3v) is 6.92. The molecule has 0 unspecified atom stereocenters. The molecular weight excluding hydrogens is 530 g/mol. The van der Waals surface area contributed by atoms with E-state index in [1.54, 1.807) is 18.2 Å². The summed E-state index contributed by atoms with van der Waals surface area (Å²) < 4.78 is 9.10. The number of carbonyl (C=O) groups excluding carboxylic acids is 1. The van der Waals surface area contributed by atoms with Crippen molar-refractivity contribution in [1.82, 2.24) is 29.4 Å². The summed E-state index contributed by atoms with van der Waals surface area (Å²) in [7, 11) is 0. The third-order valence-electron chi connectivity index (χ3n) is 6.61. The van der Waals surface area contributed by atoms with E-state index >= 15 is 0 Å². The van der Waals surface area contributed by atoms with Crippen LogP contribution >= 0.6 is 11.6 Å². The maximum absolute atomic E-state index is 13.5. The Morgan fingerprint density at radius 3 is 2.60 bits per heavy atom. The van der Waals surface area contributed by atoms with Gasteiger partial charge in [-0.25, -0.2) is 9.67 Å². The molecule has 0 aliphatic heterocycles. The van der Waals surface area contributed by atoms with Crippen LogP contribution < -0.4 is 15.6 Å². The normalized spacial score (nSPS) is 13.5. The Morgan fingerprint density at radius 2 is 1.88 bits per heavy atom. The molecule has 0 bridgehead atoms. The molecule has 5 aromatic rings. The highest BCUT2D eigenvalue weighted by Crippen LogP contribution is 2.41. The van der Waals surface area contributed by atoms with Crippen molar-refractivity contribution in [2.75, 3.05) is 5.32 Å². The fourth-order valence-electron chi connectivity index (χ4n) is 4.48. The topological polar surface area (TPSA) is 119 Å². The van der Waals surface area contributed by atoms with Gasteiger partial charge in [0.15, 0.2) is 5.82 Å². The summed E-state index contributed by atoms with van der Waals surface area (Å²) in [6, 6.07) is 17.7. The summed E-state index contributed by atoms with van der Waals surface area (Å²) in [5, 5.41) is 11.0. The van der Waals surface area contributed by atoms with Gasteiger partial charge in [0.1, 0.15) is 23.7 Å². The molecule has 11 heteroatoms. The van der Waals surface area contributed by atoms with Crippen molar-refractivity contribution in [3.63, 3.8) is 0 Å². The van der Waals surface area contributed by atoms with Gasteiger partial charge in [-0.05, 0) is 45.7 Å². The fourth-order valence-corrected chi connectivity index (χ4v) is 4.73. The van der Waals surface area contributed by atoms with Gasteiger partial charge in [-0.3, -0.25) is 14.7 Å². The summed E-state index contributed by atoms with van der Waals surface area (Å²) in [5.41, 5.74) is 1.69. The lowest BCUT2D eigenvalue weighted by Gasteiger charge is -2.22. The van der Waals surface area contributed by atoms with E-state index in [4.69, 9.17) is 21.4 Å². The number of ether oxygens (including phenoxy) is 1. The van der Waals surface area contributed by atoms with Crippen LogP contribution in [0.25, 0.3) is 17.2 Å². The molecule has 1 amide bonds. The number of rotatable bonds is 7. The second-order valence-corrected chi connectivity index (χ2v) is 11.2. The SMILES string of the molecule is CC(C)(C)n1nc(C2CC2)cc1NC(=O)c1c(Cl)cccc1OCc1cc(=O)n2[nH]c(-c3ccccc3)nc2n1. The maximum atomic E-state index is 13.5. The monoisotopic (exact) mass is 557 g/mol. The smallest absolute Gasteiger partial charge is 0.274 e. The number of nitrogens with zero attached hydrogens (tertiary/aromatic N) is 5. The number of halogens is 1. The van der Waals surface area contributed by atoms with Gasteiger partial charge in [0.2, 0.25) is 0 Å². The van der Waals surface area contributed by atoms with Gasteiger partial charge < -0.3 is 10.1 Å². The van der Waals surface area contributed by atoms with Crippen LogP contribution in [0.15, 0.2) is 65.5 Å². The Bertz CT molecular complexity index is 1780. The number of amides is 1. The predicted octanol–water partition coefficient (Wildman–Crippen LogP) is 5.40. The number of benzene rings is 2. The van der Waals surface area contributed by atoms with Crippen molar-refractivity contribution in [3.8, 4) is 17.1 Å². The first kappa shape index (κ1) is 25.8. The Labute approximate surface area is 235 Å². The minimum atomic E-state index is -0.420. The van der Waals surface area contributed by atoms with Crippen LogP contribution in [-0.2, 0) is 12.1 Å². The van der Waals surface area contributed by atoms with Gasteiger partial charge in [-0.1, -0.05) is 48.0 Å². The lowest BCUT2D eigenvalue weighted by atomic mass is 10.1. The van der Waals surface area contributed by atoms with E-state index in [9.17, 15) is 9.59 Å². The second kappa shape index (κ2) is 9.95. The van der Waals surface area contributed by atoms with Crippen LogP contribution in [0, 0.1) is 0 Å². The standard InChI is InChI=1S/C29H28ClN7O3/c1-29(2,3)37-23(15-21(34-37)17-12-13-17)32-27(39)25-20(30)10-7-11-22(25)40-16-19-14-24(38)36-28(31-19)33-26(35-36)18-8-5-4-6-9-18/h4-11,14-15,17H,12-13,16H2,1-3H3,(H,32,39)(H,31,33,35). The van der Waals surface area contributed by atoms with Crippen molar-refractivity contribution in [1.29, 1.82) is 0 Å². The number of aromatic nitrogens is 6. The Morgan fingerprint density at radius 1 is 1.10 bits per heavy atom. The highest BCUT2D eigenvalue weighted by Gasteiger charge is 2.30. The van der Waals surface area contributed by atoms with Gasteiger partial charge in [0, 0.05) is 23.6 Å². The summed E-state index contributed by atoms with van der Waals surface area (Å²) >= 11 is 6.49. The highest BCUT2D eigenvalue weighted by atomic mass is 35.5. The van der Waals surface area contributed by atoms with Crippen molar-refractivity contribution in [3.05, 3.63) is 93.0 Å². The van der Waals surface area contributed by atoms with E-state index in [1.807, 2.05) is 61.9 Å². The van der Waals surface area contributed by atoms with Crippen LogP contribution in [-0.4, -0.2) is 35.3 Å². The Hall–Kier alpha value is -4.44. The first-order valence-corrected chi connectivity index (χ1v) is 13.4. The number of anilines is 1. The lowest BCUT2D eigenvalue weighted by molar-refractivity contribution is 0.102. The largest absolute Gasteiger partial charge is 0.486 e. The minimum absolute atomic E-state index is 0.0638. The van der Waals surface area contributed by atoms with Crippen molar-refractivity contribution in [2.24, 2.45) is 0 Å². The number of carbonyl (C=O) groups is 1. The lowest BCUT2D eigenvalue weighted by Crippen LogP contribution is -2.27. The van der Waals surface area contributed by atoms with Crippen LogP contribution in [0.2, 0.25) is 5.02 Å². The van der Waals surface area contributed by atoms with Gasteiger partial charge >= 0.3 is 0 Å². The minimum Gasteiger partial charge on any atom is -0.486 e. The highest BCUT2D eigenvalue weighted by molar-refractivity contribution is 6.34. The van der Waals surface area contributed by atoms with E-state index in [2.05, 4.69) is 20.4 Å². The Balaban J connectivity index is 1.25. The number of fused-ring (bicyclic) bond motifs is 1. The average Bonchev–Trinajstić information content (AvgIpc) is 3.52. The van der Waals surface area contributed by atoms with Crippen LogP contribution in [0.1, 0.15) is 61.3 Å². The number of hydrogen-bond donors (Lipinski definition) is 2. The molecule has 40 heavy (non-hydrogen) atoms. The van der Waals surface area contributed by atoms with Crippen molar-refractivity contribution < 1.29 is 9.53 Å². The van der Waals surface area contributed by atoms with Gasteiger partial charge in [-0.2, -0.15) is 14.6 Å². The summed E-state index contributed by atoms with van der Waals surface area (Å²) in [4.78, 5) is 35.2. The molecule has 2 aromatic carbocycles. The molecule has 204 valence electrons. The van der Waals surface area contributed by atoms with Gasteiger partial charge in [-0.15, -0.1) is 0 Å². The van der Waals surface area contributed by atoms with E-state index in [-0.39, 0.29) is 39.8 Å².